The van der Waals surface area contributed by atoms with Crippen LogP contribution in [0.25, 0.3) is 0 Å². The Morgan fingerprint density at radius 1 is 1.36 bits per heavy atom. The van der Waals surface area contributed by atoms with Crippen molar-refractivity contribution in [2.75, 3.05) is 11.9 Å². The molecule has 0 radical (unpaired) electrons. The summed E-state index contributed by atoms with van der Waals surface area (Å²) in [6, 6.07) is 1.61. The molecule has 0 unspecified atom stereocenters. The molecule has 130 valence electrons. The van der Waals surface area contributed by atoms with Crippen LogP contribution in [0.1, 0.15) is 40.2 Å². The number of rotatable bonds is 3. The third-order valence-corrected chi connectivity index (χ3v) is 5.66. The van der Waals surface area contributed by atoms with Gasteiger partial charge in [0.1, 0.15) is 6.26 Å². The monoisotopic (exact) mass is 357 g/mol. The van der Waals surface area contributed by atoms with E-state index in [1.54, 1.807) is 6.07 Å². The van der Waals surface area contributed by atoms with Gasteiger partial charge in [0.15, 0.2) is 5.13 Å². The van der Waals surface area contributed by atoms with E-state index < -0.39 is 0 Å². The summed E-state index contributed by atoms with van der Waals surface area (Å²) in [5.74, 6) is 0.119. The van der Waals surface area contributed by atoms with E-state index in [-0.39, 0.29) is 17.7 Å². The van der Waals surface area contributed by atoms with Crippen LogP contribution in [-0.2, 0) is 17.8 Å². The molecule has 1 N–H and O–H groups in total. The summed E-state index contributed by atoms with van der Waals surface area (Å²) < 4.78 is 4.93. The van der Waals surface area contributed by atoms with Gasteiger partial charge in [0.25, 0.3) is 5.91 Å². The zero-order valence-corrected chi connectivity index (χ0v) is 14.6. The smallest absolute Gasteiger partial charge is 0.260 e. The molecule has 2 amide bonds. The highest BCUT2D eigenvalue weighted by atomic mass is 32.1. The first-order valence-corrected chi connectivity index (χ1v) is 9.28. The lowest BCUT2D eigenvalue weighted by atomic mass is 9.92. The molecular formula is C18H19N3O3S. The first kappa shape index (κ1) is 16.1. The van der Waals surface area contributed by atoms with Gasteiger partial charge in [-0.1, -0.05) is 23.5 Å². The van der Waals surface area contributed by atoms with Crippen molar-refractivity contribution < 1.29 is 14.0 Å². The van der Waals surface area contributed by atoms with Crippen LogP contribution in [0.4, 0.5) is 5.13 Å². The van der Waals surface area contributed by atoms with Crippen molar-refractivity contribution in [3.8, 4) is 0 Å². The van der Waals surface area contributed by atoms with E-state index in [9.17, 15) is 9.59 Å². The van der Waals surface area contributed by atoms with Crippen molar-refractivity contribution in [1.82, 2.24) is 9.88 Å². The number of nitrogens with zero attached hydrogens (tertiary/aromatic N) is 2. The van der Waals surface area contributed by atoms with Gasteiger partial charge in [0.2, 0.25) is 5.91 Å². The Balaban J connectivity index is 1.43. The van der Waals surface area contributed by atoms with Gasteiger partial charge in [-0.2, -0.15) is 0 Å². The fourth-order valence-electron chi connectivity index (χ4n) is 3.28. The van der Waals surface area contributed by atoms with Gasteiger partial charge >= 0.3 is 0 Å². The molecule has 4 rings (SSSR count). The molecule has 3 heterocycles. The number of aromatic nitrogens is 1. The number of fused-ring (bicyclic) bond motifs is 1. The molecule has 0 saturated carbocycles. The quantitative estimate of drug-likeness (QED) is 0.856. The standard InChI is InChI=1S/C18H19N3O3S/c22-16(13-7-9-24-11-13)20-18-19-14-6-8-21(10-15(14)25-18)17(23)12-4-2-1-3-5-12/h1-2,7,9,11-12H,3-6,8,10H2,(H,19,20,22)/t12-/m1/s1. The topological polar surface area (TPSA) is 75.4 Å². The molecule has 0 bridgehead atoms. The van der Waals surface area contributed by atoms with Crippen LogP contribution in [0, 0.1) is 5.92 Å². The Morgan fingerprint density at radius 2 is 2.28 bits per heavy atom. The molecular weight excluding hydrogens is 338 g/mol. The number of hydrogen-bond donors (Lipinski definition) is 1. The second-order valence-corrected chi connectivity index (χ2v) is 7.43. The third-order valence-electron chi connectivity index (χ3n) is 4.67. The average Bonchev–Trinajstić information content (AvgIpc) is 3.30. The summed E-state index contributed by atoms with van der Waals surface area (Å²) in [6.07, 6.45) is 10.6. The highest BCUT2D eigenvalue weighted by molar-refractivity contribution is 7.15. The number of carbonyl (C=O) groups is 2. The highest BCUT2D eigenvalue weighted by Crippen LogP contribution is 2.30. The molecule has 25 heavy (non-hydrogen) atoms. The van der Waals surface area contributed by atoms with Crippen LogP contribution < -0.4 is 5.32 Å². The Hall–Kier alpha value is -2.41. The van der Waals surface area contributed by atoms with Gasteiger partial charge in [0.05, 0.1) is 24.1 Å². The maximum absolute atomic E-state index is 12.7. The molecule has 6 nitrogen and oxygen atoms in total. The van der Waals surface area contributed by atoms with E-state index in [2.05, 4.69) is 22.5 Å². The Kier molecular flexibility index (Phi) is 4.40. The minimum absolute atomic E-state index is 0.111. The summed E-state index contributed by atoms with van der Waals surface area (Å²) in [5, 5.41) is 3.38. The zero-order valence-electron chi connectivity index (χ0n) is 13.7. The van der Waals surface area contributed by atoms with E-state index in [0.717, 1.165) is 36.3 Å². The molecule has 2 aromatic heterocycles. The molecule has 1 atom stereocenters. The van der Waals surface area contributed by atoms with Crippen molar-refractivity contribution in [2.45, 2.75) is 32.2 Å². The summed E-state index contributed by atoms with van der Waals surface area (Å²) in [5.41, 5.74) is 1.45. The van der Waals surface area contributed by atoms with E-state index in [1.165, 1.54) is 23.9 Å². The first-order valence-electron chi connectivity index (χ1n) is 8.46. The first-order chi connectivity index (χ1) is 12.2. The zero-order chi connectivity index (χ0) is 17.2. The fourth-order valence-corrected chi connectivity index (χ4v) is 4.29. The largest absolute Gasteiger partial charge is 0.472 e. The Morgan fingerprint density at radius 3 is 3.04 bits per heavy atom. The van der Waals surface area contributed by atoms with E-state index in [1.807, 2.05) is 4.90 Å². The van der Waals surface area contributed by atoms with Gasteiger partial charge in [-0.05, 0) is 25.3 Å². The molecule has 0 fully saturated rings. The van der Waals surface area contributed by atoms with Crippen LogP contribution in [0.15, 0.2) is 35.2 Å². The van der Waals surface area contributed by atoms with E-state index in [4.69, 9.17) is 4.42 Å². The Labute approximate surface area is 149 Å². The van der Waals surface area contributed by atoms with Crippen molar-refractivity contribution in [2.24, 2.45) is 5.92 Å². The van der Waals surface area contributed by atoms with Gasteiger partial charge in [-0.15, -0.1) is 0 Å². The van der Waals surface area contributed by atoms with Crippen molar-refractivity contribution in [1.29, 1.82) is 0 Å². The van der Waals surface area contributed by atoms with Crippen LogP contribution >= 0.6 is 11.3 Å². The molecule has 7 heteroatoms. The molecule has 0 spiro atoms. The third kappa shape index (κ3) is 3.37. The van der Waals surface area contributed by atoms with Crippen LogP contribution in [0.3, 0.4) is 0 Å². The predicted octanol–water partition coefficient (Wildman–Crippen LogP) is 3.23. The fraction of sp³-hybridized carbons (Fsp3) is 0.389. The molecule has 1 aliphatic carbocycles. The van der Waals surface area contributed by atoms with Gasteiger partial charge in [-0.3, -0.25) is 14.9 Å². The Bertz CT molecular complexity index is 810. The molecule has 2 aromatic rings. The summed E-state index contributed by atoms with van der Waals surface area (Å²) in [6.45, 7) is 1.29. The molecule has 0 aromatic carbocycles. The highest BCUT2D eigenvalue weighted by Gasteiger charge is 2.29. The maximum Gasteiger partial charge on any atom is 0.260 e. The minimum Gasteiger partial charge on any atom is -0.472 e. The van der Waals surface area contributed by atoms with Crippen molar-refractivity contribution in [3.05, 3.63) is 46.9 Å². The second-order valence-electron chi connectivity index (χ2n) is 6.35. The number of thiazole rings is 1. The van der Waals surface area contributed by atoms with Crippen molar-refractivity contribution in [3.63, 3.8) is 0 Å². The molecule has 2 aliphatic rings. The summed E-state index contributed by atoms with van der Waals surface area (Å²) in [4.78, 5) is 32.3. The molecule has 1 aliphatic heterocycles. The average molecular weight is 357 g/mol. The number of nitrogens with one attached hydrogen (secondary N) is 1. The normalized spacial score (nSPS) is 19.5. The number of hydrogen-bond acceptors (Lipinski definition) is 5. The van der Waals surface area contributed by atoms with Crippen molar-refractivity contribution >= 4 is 28.3 Å². The predicted molar refractivity (Wildman–Crippen MR) is 94.4 cm³/mol. The number of carbonyl (C=O) groups excluding carboxylic acids is 2. The lowest BCUT2D eigenvalue weighted by molar-refractivity contribution is -0.136. The molecule has 0 saturated heterocycles. The van der Waals surface area contributed by atoms with Crippen LogP contribution in [-0.4, -0.2) is 28.2 Å². The lowest BCUT2D eigenvalue weighted by Crippen LogP contribution is -2.39. The maximum atomic E-state index is 12.7. The number of anilines is 1. The van der Waals surface area contributed by atoms with E-state index in [0.29, 0.717) is 23.8 Å². The lowest BCUT2D eigenvalue weighted by Gasteiger charge is -2.30. The van der Waals surface area contributed by atoms with Crippen LogP contribution in [0.5, 0.6) is 0 Å². The summed E-state index contributed by atoms with van der Waals surface area (Å²) >= 11 is 1.45. The summed E-state index contributed by atoms with van der Waals surface area (Å²) in [7, 11) is 0. The van der Waals surface area contributed by atoms with Gasteiger partial charge in [-0.25, -0.2) is 4.98 Å². The number of amides is 2. The minimum atomic E-state index is -0.234. The van der Waals surface area contributed by atoms with E-state index >= 15 is 0 Å². The SMILES string of the molecule is O=C(Nc1nc2c(s1)CN(C(=O)[C@@H]1CC=CCC1)CC2)c1ccoc1. The number of furan rings is 1. The van der Waals surface area contributed by atoms with Gasteiger partial charge in [0, 0.05) is 23.8 Å². The number of allylic oxidation sites excluding steroid dienone is 2. The van der Waals surface area contributed by atoms with Gasteiger partial charge < -0.3 is 9.32 Å². The second kappa shape index (κ2) is 6.84. The van der Waals surface area contributed by atoms with Crippen LogP contribution in [0.2, 0.25) is 0 Å².